The Morgan fingerprint density at radius 3 is 2.88 bits per heavy atom. The van der Waals surface area contributed by atoms with Crippen LogP contribution in [0.3, 0.4) is 0 Å². The first kappa shape index (κ1) is 18.2. The van der Waals surface area contributed by atoms with Crippen LogP contribution in [0.5, 0.6) is 0 Å². The second kappa shape index (κ2) is 8.67. The van der Waals surface area contributed by atoms with Gasteiger partial charge in [-0.25, -0.2) is 0 Å². The molecule has 2 saturated heterocycles. The van der Waals surface area contributed by atoms with Crippen LogP contribution in [0.1, 0.15) is 31.7 Å². The van der Waals surface area contributed by atoms with Gasteiger partial charge in [0.15, 0.2) is 5.96 Å². The normalized spacial score (nSPS) is 23.9. The molecular weight excluding hydrogens is 316 g/mol. The maximum Gasteiger partial charge on any atom is 0.193 e. The van der Waals surface area contributed by atoms with Gasteiger partial charge >= 0.3 is 0 Å². The van der Waals surface area contributed by atoms with Gasteiger partial charge in [0.05, 0.1) is 26.0 Å². The zero-order valence-corrected chi connectivity index (χ0v) is 15.8. The second-order valence-electron chi connectivity index (χ2n) is 7.07. The molecule has 1 aromatic rings. The lowest BCUT2D eigenvalue weighted by Gasteiger charge is -2.31. The number of likely N-dealkylation sites (tertiary alicyclic amines) is 1. The van der Waals surface area contributed by atoms with Crippen molar-refractivity contribution in [3.63, 3.8) is 0 Å². The highest BCUT2D eigenvalue weighted by molar-refractivity contribution is 5.80. The van der Waals surface area contributed by atoms with Gasteiger partial charge in [-0.3, -0.25) is 14.6 Å². The monoisotopic (exact) mass is 348 g/mol. The first-order valence-electron chi connectivity index (χ1n) is 9.51. The second-order valence-corrected chi connectivity index (χ2v) is 7.07. The van der Waals surface area contributed by atoms with Gasteiger partial charge in [0.2, 0.25) is 0 Å². The zero-order valence-electron chi connectivity index (χ0n) is 15.8. The SMILES string of the molecule is CCNC(=NCC(C)N1CCOCC1)N1CCC(c2cnn(C)c2)C1. The van der Waals surface area contributed by atoms with Gasteiger partial charge in [0, 0.05) is 57.9 Å². The molecule has 2 atom stereocenters. The molecule has 0 aliphatic carbocycles. The van der Waals surface area contributed by atoms with Crippen LogP contribution in [0.25, 0.3) is 0 Å². The van der Waals surface area contributed by atoms with Crippen molar-refractivity contribution in [2.75, 3.05) is 52.5 Å². The Morgan fingerprint density at radius 2 is 2.20 bits per heavy atom. The topological polar surface area (TPSA) is 57.9 Å². The van der Waals surface area contributed by atoms with Gasteiger partial charge in [0.1, 0.15) is 0 Å². The molecular formula is C18H32N6O. The smallest absolute Gasteiger partial charge is 0.193 e. The molecule has 0 aromatic carbocycles. The largest absolute Gasteiger partial charge is 0.379 e. The molecule has 0 amide bonds. The molecule has 1 N–H and O–H groups in total. The van der Waals surface area contributed by atoms with E-state index in [1.54, 1.807) is 0 Å². The van der Waals surface area contributed by atoms with Crippen LogP contribution >= 0.6 is 0 Å². The van der Waals surface area contributed by atoms with E-state index in [-0.39, 0.29) is 0 Å². The summed E-state index contributed by atoms with van der Waals surface area (Å²) < 4.78 is 7.34. The molecule has 3 rings (SSSR count). The Hall–Kier alpha value is -1.60. The number of ether oxygens (including phenoxy) is 1. The number of nitrogens with one attached hydrogen (secondary N) is 1. The van der Waals surface area contributed by atoms with E-state index >= 15 is 0 Å². The molecule has 0 radical (unpaired) electrons. The first-order valence-corrected chi connectivity index (χ1v) is 9.51. The number of morpholine rings is 1. The molecule has 3 heterocycles. The predicted molar refractivity (Wildman–Crippen MR) is 100.0 cm³/mol. The van der Waals surface area contributed by atoms with Crippen molar-refractivity contribution >= 4 is 5.96 Å². The number of aryl methyl sites for hydroxylation is 1. The molecule has 25 heavy (non-hydrogen) atoms. The van der Waals surface area contributed by atoms with E-state index in [2.05, 4.69) is 40.3 Å². The van der Waals surface area contributed by atoms with Gasteiger partial charge in [-0.1, -0.05) is 0 Å². The Morgan fingerprint density at radius 1 is 1.40 bits per heavy atom. The summed E-state index contributed by atoms with van der Waals surface area (Å²) in [6.45, 7) is 11.9. The van der Waals surface area contributed by atoms with Crippen LogP contribution in [0.4, 0.5) is 0 Å². The van der Waals surface area contributed by atoms with Crippen LogP contribution in [0.15, 0.2) is 17.4 Å². The number of guanidine groups is 1. The van der Waals surface area contributed by atoms with Crippen molar-refractivity contribution < 1.29 is 4.74 Å². The van der Waals surface area contributed by atoms with Crippen molar-refractivity contribution in [3.05, 3.63) is 18.0 Å². The lowest BCUT2D eigenvalue weighted by atomic mass is 10.0. The minimum atomic E-state index is 0.453. The molecule has 2 aliphatic rings. The number of aliphatic imine (C=N–C) groups is 1. The van der Waals surface area contributed by atoms with Crippen molar-refractivity contribution in [1.82, 2.24) is 24.9 Å². The van der Waals surface area contributed by atoms with Gasteiger partial charge in [0.25, 0.3) is 0 Å². The summed E-state index contributed by atoms with van der Waals surface area (Å²) in [5.74, 6) is 1.60. The van der Waals surface area contributed by atoms with E-state index in [1.165, 1.54) is 5.56 Å². The third kappa shape index (κ3) is 4.73. The first-order chi connectivity index (χ1) is 12.2. The Balaban J connectivity index is 1.58. The number of aromatic nitrogens is 2. The third-order valence-corrected chi connectivity index (χ3v) is 5.19. The maximum atomic E-state index is 5.45. The number of nitrogens with zero attached hydrogens (tertiary/aromatic N) is 5. The zero-order chi connectivity index (χ0) is 17.6. The molecule has 2 unspecified atom stereocenters. The van der Waals surface area contributed by atoms with Gasteiger partial charge in [-0.05, 0) is 25.8 Å². The molecule has 7 heteroatoms. The van der Waals surface area contributed by atoms with Gasteiger partial charge < -0.3 is 15.0 Å². The fourth-order valence-corrected chi connectivity index (χ4v) is 3.65. The molecule has 1 aromatic heterocycles. The maximum absolute atomic E-state index is 5.45. The fourth-order valence-electron chi connectivity index (χ4n) is 3.65. The van der Waals surface area contributed by atoms with Crippen LogP contribution in [-0.2, 0) is 11.8 Å². The van der Waals surface area contributed by atoms with E-state index in [4.69, 9.17) is 9.73 Å². The summed E-state index contributed by atoms with van der Waals surface area (Å²) in [6, 6.07) is 0.453. The molecule has 7 nitrogen and oxygen atoms in total. The van der Waals surface area contributed by atoms with Crippen LogP contribution in [0.2, 0.25) is 0 Å². The standard InChI is InChI=1S/C18H32N6O/c1-4-19-18(20-11-15(2)23-7-9-25-10-8-23)24-6-5-16(14-24)17-12-21-22(3)13-17/h12-13,15-16H,4-11,14H2,1-3H3,(H,19,20). The van der Waals surface area contributed by atoms with Crippen molar-refractivity contribution in [2.45, 2.75) is 32.2 Å². The van der Waals surface area contributed by atoms with E-state index in [0.29, 0.717) is 12.0 Å². The summed E-state index contributed by atoms with van der Waals surface area (Å²) in [6.07, 6.45) is 5.30. The van der Waals surface area contributed by atoms with Crippen LogP contribution in [-0.4, -0.2) is 84.1 Å². The lowest BCUT2D eigenvalue weighted by Crippen LogP contribution is -2.45. The Labute approximate surface area is 151 Å². The molecule has 0 spiro atoms. The Kier molecular flexibility index (Phi) is 6.31. The lowest BCUT2D eigenvalue weighted by molar-refractivity contribution is 0.0220. The van der Waals surface area contributed by atoms with E-state index < -0.39 is 0 Å². The van der Waals surface area contributed by atoms with E-state index in [9.17, 15) is 0 Å². The van der Waals surface area contributed by atoms with E-state index in [1.807, 2.05) is 17.9 Å². The average molecular weight is 348 g/mol. The minimum Gasteiger partial charge on any atom is -0.379 e. The molecule has 0 bridgehead atoms. The predicted octanol–water partition coefficient (Wildman–Crippen LogP) is 0.896. The summed E-state index contributed by atoms with van der Waals surface area (Å²) in [5, 5.41) is 7.79. The number of hydrogen-bond donors (Lipinski definition) is 1. The third-order valence-electron chi connectivity index (χ3n) is 5.19. The van der Waals surface area contributed by atoms with Crippen molar-refractivity contribution in [3.8, 4) is 0 Å². The molecule has 2 aliphatic heterocycles. The average Bonchev–Trinajstić information content (AvgIpc) is 3.28. The fraction of sp³-hybridized carbons (Fsp3) is 0.778. The summed E-state index contributed by atoms with van der Waals surface area (Å²) in [4.78, 5) is 9.80. The molecule has 140 valence electrons. The minimum absolute atomic E-state index is 0.453. The van der Waals surface area contributed by atoms with Gasteiger partial charge in [-0.2, -0.15) is 5.10 Å². The summed E-state index contributed by atoms with van der Waals surface area (Å²) in [7, 11) is 1.98. The Bertz CT molecular complexity index is 566. The molecule has 2 fully saturated rings. The number of hydrogen-bond acceptors (Lipinski definition) is 4. The summed E-state index contributed by atoms with van der Waals surface area (Å²) in [5.41, 5.74) is 1.34. The van der Waals surface area contributed by atoms with Crippen molar-refractivity contribution in [1.29, 1.82) is 0 Å². The van der Waals surface area contributed by atoms with Crippen LogP contribution < -0.4 is 5.32 Å². The highest BCUT2D eigenvalue weighted by Gasteiger charge is 2.27. The summed E-state index contributed by atoms with van der Waals surface area (Å²) >= 11 is 0. The highest BCUT2D eigenvalue weighted by Crippen LogP contribution is 2.26. The molecule has 0 saturated carbocycles. The highest BCUT2D eigenvalue weighted by atomic mass is 16.5. The van der Waals surface area contributed by atoms with Gasteiger partial charge in [-0.15, -0.1) is 0 Å². The number of rotatable bonds is 5. The van der Waals surface area contributed by atoms with Crippen molar-refractivity contribution in [2.24, 2.45) is 12.0 Å². The quantitative estimate of drug-likeness (QED) is 0.633. The van der Waals surface area contributed by atoms with Crippen LogP contribution in [0, 0.1) is 0 Å². The van der Waals surface area contributed by atoms with E-state index in [0.717, 1.165) is 64.9 Å².